The zero-order chi connectivity index (χ0) is 9.68. The van der Waals surface area contributed by atoms with Crippen LogP contribution in [0.2, 0.25) is 0 Å². The summed E-state index contributed by atoms with van der Waals surface area (Å²) in [6.07, 6.45) is 4.22. The molecule has 0 radical (unpaired) electrons. The minimum atomic E-state index is 0.481. The number of nitrogens with one attached hydrogen (secondary N) is 1. The third-order valence-corrected chi connectivity index (χ3v) is 2.54. The quantitative estimate of drug-likeness (QED) is 0.709. The van der Waals surface area contributed by atoms with Crippen LogP contribution in [0.15, 0.2) is 0 Å². The molecular formula is C11H23NO. The van der Waals surface area contributed by atoms with Gasteiger partial charge in [-0.1, -0.05) is 13.8 Å². The molecule has 0 aromatic carbocycles. The first kappa shape index (κ1) is 11.0. The van der Waals surface area contributed by atoms with Gasteiger partial charge in [0.2, 0.25) is 0 Å². The molecule has 0 aromatic rings. The van der Waals surface area contributed by atoms with Gasteiger partial charge in [0, 0.05) is 19.2 Å². The molecule has 2 unspecified atom stereocenters. The van der Waals surface area contributed by atoms with E-state index in [1.165, 1.54) is 19.3 Å². The Balaban J connectivity index is 2.03. The van der Waals surface area contributed by atoms with E-state index in [4.69, 9.17) is 4.74 Å². The summed E-state index contributed by atoms with van der Waals surface area (Å²) in [7, 11) is 0. The molecule has 1 rings (SSSR count). The highest BCUT2D eigenvalue weighted by molar-refractivity contribution is 4.70. The predicted octanol–water partition coefficient (Wildman–Crippen LogP) is 2.19. The molecule has 0 aliphatic carbocycles. The topological polar surface area (TPSA) is 21.3 Å². The third kappa shape index (κ3) is 4.63. The van der Waals surface area contributed by atoms with Crippen molar-refractivity contribution in [2.24, 2.45) is 5.92 Å². The van der Waals surface area contributed by atoms with Gasteiger partial charge in [-0.05, 0) is 32.1 Å². The van der Waals surface area contributed by atoms with Crippen LogP contribution in [0.3, 0.4) is 0 Å². The van der Waals surface area contributed by atoms with Gasteiger partial charge in [0.05, 0.1) is 6.10 Å². The summed E-state index contributed by atoms with van der Waals surface area (Å²) in [4.78, 5) is 0. The van der Waals surface area contributed by atoms with E-state index >= 15 is 0 Å². The van der Waals surface area contributed by atoms with E-state index in [0.717, 1.165) is 19.1 Å². The molecule has 0 aromatic heterocycles. The molecule has 0 spiro atoms. The van der Waals surface area contributed by atoms with Gasteiger partial charge < -0.3 is 10.1 Å². The second-order valence-electron chi connectivity index (χ2n) is 4.57. The van der Waals surface area contributed by atoms with Crippen LogP contribution in [-0.4, -0.2) is 25.3 Å². The van der Waals surface area contributed by atoms with Crippen LogP contribution in [0.4, 0.5) is 0 Å². The lowest BCUT2D eigenvalue weighted by molar-refractivity contribution is 0.107. The minimum Gasteiger partial charge on any atom is -0.377 e. The molecule has 1 N–H and O–H groups in total. The Hall–Kier alpha value is -0.0800. The number of rotatable bonds is 5. The molecule has 78 valence electrons. The Labute approximate surface area is 82.0 Å². The van der Waals surface area contributed by atoms with Crippen molar-refractivity contribution in [3.05, 3.63) is 0 Å². The fourth-order valence-electron chi connectivity index (χ4n) is 1.93. The molecule has 1 saturated heterocycles. The molecule has 0 bridgehead atoms. The van der Waals surface area contributed by atoms with Gasteiger partial charge in [0.15, 0.2) is 0 Å². The lowest BCUT2D eigenvalue weighted by atomic mass is 10.1. The summed E-state index contributed by atoms with van der Waals surface area (Å²) in [6.45, 7) is 8.79. The molecular weight excluding hydrogens is 162 g/mol. The molecule has 1 heterocycles. The summed E-state index contributed by atoms with van der Waals surface area (Å²) in [6, 6.07) is 0.629. The van der Waals surface area contributed by atoms with Gasteiger partial charge in [-0.2, -0.15) is 0 Å². The monoisotopic (exact) mass is 185 g/mol. The Kier molecular flexibility index (Phi) is 4.74. The van der Waals surface area contributed by atoms with Crippen molar-refractivity contribution in [3.63, 3.8) is 0 Å². The molecule has 2 atom stereocenters. The fraction of sp³-hybridized carbons (Fsp3) is 1.00. The molecule has 0 saturated carbocycles. The van der Waals surface area contributed by atoms with Crippen molar-refractivity contribution in [3.8, 4) is 0 Å². The van der Waals surface area contributed by atoms with Gasteiger partial charge in [-0.25, -0.2) is 0 Å². The van der Waals surface area contributed by atoms with Crippen molar-refractivity contribution < 1.29 is 4.74 Å². The van der Waals surface area contributed by atoms with Crippen LogP contribution in [0.25, 0.3) is 0 Å². The number of hydrogen-bond donors (Lipinski definition) is 1. The highest BCUT2D eigenvalue weighted by Crippen LogP contribution is 2.11. The van der Waals surface area contributed by atoms with Crippen LogP contribution in [-0.2, 0) is 4.74 Å². The summed E-state index contributed by atoms with van der Waals surface area (Å²) < 4.78 is 5.55. The first-order valence-electron chi connectivity index (χ1n) is 5.53. The summed E-state index contributed by atoms with van der Waals surface area (Å²) in [5.74, 6) is 0.784. The van der Waals surface area contributed by atoms with E-state index in [1.54, 1.807) is 0 Å². The van der Waals surface area contributed by atoms with E-state index in [9.17, 15) is 0 Å². The molecule has 1 aliphatic rings. The second-order valence-corrected chi connectivity index (χ2v) is 4.57. The standard InChI is InChI=1S/C11H23NO/c1-9(2)7-10(3)12-8-11-5-4-6-13-11/h9-12H,4-8H2,1-3H3. The van der Waals surface area contributed by atoms with E-state index in [-0.39, 0.29) is 0 Å². The Morgan fingerprint density at radius 3 is 2.69 bits per heavy atom. The molecule has 0 amide bonds. The summed E-state index contributed by atoms with van der Waals surface area (Å²) >= 11 is 0. The van der Waals surface area contributed by atoms with Crippen molar-refractivity contribution in [1.29, 1.82) is 0 Å². The predicted molar refractivity (Wildman–Crippen MR) is 55.9 cm³/mol. The van der Waals surface area contributed by atoms with Gasteiger partial charge in [-0.15, -0.1) is 0 Å². The highest BCUT2D eigenvalue weighted by atomic mass is 16.5. The fourth-order valence-corrected chi connectivity index (χ4v) is 1.93. The van der Waals surface area contributed by atoms with Crippen LogP contribution >= 0.6 is 0 Å². The van der Waals surface area contributed by atoms with Gasteiger partial charge in [0.25, 0.3) is 0 Å². The number of hydrogen-bond acceptors (Lipinski definition) is 2. The first-order chi connectivity index (χ1) is 6.18. The maximum atomic E-state index is 5.55. The van der Waals surface area contributed by atoms with Crippen molar-refractivity contribution in [2.75, 3.05) is 13.2 Å². The largest absolute Gasteiger partial charge is 0.377 e. The first-order valence-corrected chi connectivity index (χ1v) is 5.53. The molecule has 1 aliphatic heterocycles. The van der Waals surface area contributed by atoms with E-state index in [2.05, 4.69) is 26.1 Å². The highest BCUT2D eigenvalue weighted by Gasteiger charge is 2.15. The van der Waals surface area contributed by atoms with E-state index in [1.807, 2.05) is 0 Å². The lowest BCUT2D eigenvalue weighted by Crippen LogP contribution is -2.34. The zero-order valence-electron chi connectivity index (χ0n) is 9.18. The van der Waals surface area contributed by atoms with E-state index < -0.39 is 0 Å². The number of ether oxygens (including phenoxy) is 1. The molecule has 2 heteroatoms. The van der Waals surface area contributed by atoms with Crippen molar-refractivity contribution in [2.45, 2.75) is 52.2 Å². The second kappa shape index (κ2) is 5.61. The Morgan fingerprint density at radius 2 is 2.15 bits per heavy atom. The average molecular weight is 185 g/mol. The van der Waals surface area contributed by atoms with Crippen LogP contribution in [0.5, 0.6) is 0 Å². The van der Waals surface area contributed by atoms with E-state index in [0.29, 0.717) is 12.1 Å². The van der Waals surface area contributed by atoms with Crippen LogP contribution < -0.4 is 5.32 Å². The average Bonchev–Trinajstić information content (AvgIpc) is 2.51. The van der Waals surface area contributed by atoms with Gasteiger partial charge >= 0.3 is 0 Å². The van der Waals surface area contributed by atoms with Crippen LogP contribution in [0.1, 0.15) is 40.0 Å². The summed E-state index contributed by atoms with van der Waals surface area (Å²) in [5, 5.41) is 3.53. The van der Waals surface area contributed by atoms with Gasteiger partial charge in [-0.3, -0.25) is 0 Å². The molecule has 13 heavy (non-hydrogen) atoms. The lowest BCUT2D eigenvalue weighted by Gasteiger charge is -2.18. The third-order valence-electron chi connectivity index (χ3n) is 2.54. The normalized spacial score (nSPS) is 25.4. The van der Waals surface area contributed by atoms with Crippen molar-refractivity contribution in [1.82, 2.24) is 5.32 Å². The Morgan fingerprint density at radius 1 is 1.38 bits per heavy atom. The Bertz CT molecular complexity index is 130. The van der Waals surface area contributed by atoms with Gasteiger partial charge in [0.1, 0.15) is 0 Å². The molecule has 2 nitrogen and oxygen atoms in total. The SMILES string of the molecule is CC(C)CC(C)NCC1CCCO1. The minimum absolute atomic E-state index is 0.481. The maximum Gasteiger partial charge on any atom is 0.0700 e. The van der Waals surface area contributed by atoms with Crippen LogP contribution in [0, 0.1) is 5.92 Å². The molecule has 1 fully saturated rings. The smallest absolute Gasteiger partial charge is 0.0700 e. The maximum absolute atomic E-state index is 5.55. The zero-order valence-corrected chi connectivity index (χ0v) is 9.18. The van der Waals surface area contributed by atoms with Crippen molar-refractivity contribution >= 4 is 0 Å². The summed E-state index contributed by atoms with van der Waals surface area (Å²) in [5.41, 5.74) is 0.